The van der Waals surface area contributed by atoms with Crippen molar-refractivity contribution in [1.29, 1.82) is 0 Å². The third kappa shape index (κ3) is 53.4. The van der Waals surface area contributed by atoms with Crippen molar-refractivity contribution >= 4 is 11.9 Å². The molecule has 6 heteroatoms. The Balaban J connectivity index is 3.43. The first-order valence-electron chi connectivity index (χ1n) is 30.3. The summed E-state index contributed by atoms with van der Waals surface area (Å²) in [5, 5.41) is 23.0. The van der Waals surface area contributed by atoms with E-state index in [-0.39, 0.29) is 18.5 Å². The maximum absolute atomic E-state index is 12.4. The van der Waals surface area contributed by atoms with Gasteiger partial charge in [0.1, 0.15) is 0 Å². The number of hydrogen-bond acceptors (Lipinski definition) is 5. The van der Waals surface area contributed by atoms with Crippen LogP contribution >= 0.6 is 0 Å². The molecule has 3 N–H and O–H groups in total. The number of aliphatic hydroxyl groups is 2. The largest absolute Gasteiger partial charge is 0.466 e. The average molecular weight is 957 g/mol. The van der Waals surface area contributed by atoms with Gasteiger partial charge < -0.3 is 20.3 Å². The lowest BCUT2D eigenvalue weighted by Crippen LogP contribution is -2.45. The number of esters is 1. The van der Waals surface area contributed by atoms with Crippen LogP contribution in [0, 0.1) is 0 Å². The highest BCUT2D eigenvalue weighted by Gasteiger charge is 2.18. The minimum atomic E-state index is -0.845. The minimum Gasteiger partial charge on any atom is -0.466 e. The molecule has 0 aliphatic heterocycles. The number of ether oxygens (including phenoxy) is 1. The summed E-state index contributed by atoms with van der Waals surface area (Å²) in [7, 11) is 0. The Morgan fingerprint density at radius 1 is 0.412 bits per heavy atom. The molecule has 0 radical (unpaired) electrons. The molecule has 0 saturated carbocycles. The van der Waals surface area contributed by atoms with E-state index in [9.17, 15) is 19.8 Å². The molecule has 400 valence electrons. The van der Waals surface area contributed by atoms with Gasteiger partial charge in [-0.2, -0.15) is 0 Å². The van der Waals surface area contributed by atoms with Crippen LogP contribution in [0.2, 0.25) is 0 Å². The molecule has 0 rings (SSSR count). The van der Waals surface area contributed by atoms with Crippen LogP contribution in [0.15, 0.2) is 36.5 Å². The fourth-order valence-corrected chi connectivity index (χ4v) is 9.25. The molecule has 0 heterocycles. The molecule has 2 atom stereocenters. The van der Waals surface area contributed by atoms with Crippen LogP contribution in [0.25, 0.3) is 0 Å². The number of carbonyl (C=O) groups is 2. The van der Waals surface area contributed by atoms with Gasteiger partial charge in [-0.15, -0.1) is 0 Å². The number of hydrogen-bond donors (Lipinski definition) is 3. The summed E-state index contributed by atoms with van der Waals surface area (Å²) in [5.41, 5.74) is 0. The van der Waals surface area contributed by atoms with E-state index >= 15 is 0 Å². The highest BCUT2D eigenvalue weighted by atomic mass is 16.5. The van der Waals surface area contributed by atoms with Gasteiger partial charge in [0.25, 0.3) is 0 Å². The molecule has 6 nitrogen and oxygen atoms in total. The topological polar surface area (TPSA) is 95.9 Å². The van der Waals surface area contributed by atoms with Crippen molar-refractivity contribution in [1.82, 2.24) is 5.32 Å². The Morgan fingerprint density at radius 2 is 0.735 bits per heavy atom. The van der Waals surface area contributed by atoms with E-state index < -0.39 is 12.1 Å². The molecular formula is C62H117NO5. The molecule has 0 aliphatic rings. The van der Waals surface area contributed by atoms with Crippen LogP contribution in [0.4, 0.5) is 0 Å². The van der Waals surface area contributed by atoms with Gasteiger partial charge in [0.2, 0.25) is 5.91 Å². The number of rotatable bonds is 56. The third-order valence-electron chi connectivity index (χ3n) is 13.9. The number of allylic oxidation sites excluding steroid dienone is 5. The molecule has 1 amide bonds. The summed E-state index contributed by atoms with van der Waals surface area (Å²) in [6.07, 6.45) is 71.8. The van der Waals surface area contributed by atoms with Gasteiger partial charge in [-0.1, -0.05) is 281 Å². The zero-order valence-corrected chi connectivity index (χ0v) is 45.6. The molecule has 0 aromatic carbocycles. The first-order valence-corrected chi connectivity index (χ1v) is 30.3. The number of nitrogens with one attached hydrogen (secondary N) is 1. The standard InChI is InChI=1S/C62H117NO5/c1-3-5-7-9-11-13-15-34-38-42-46-50-54-60(65)59(58-64)63-61(66)55-51-47-43-39-35-32-30-28-26-24-22-20-18-17-19-21-23-25-27-29-31-33-37-41-45-49-53-57-68-62(67)56-52-48-44-40-36-16-14-12-10-8-6-4-2/h17-18,21,23,50,54,59-60,64-65H,3-16,19-20,22,24-49,51-53,55-58H2,1-2H3,(H,63,66)/b18-17-,23-21-,54-50+. The second kappa shape index (κ2) is 57.7. The van der Waals surface area contributed by atoms with Crippen molar-refractivity contribution in [3.63, 3.8) is 0 Å². The van der Waals surface area contributed by atoms with E-state index in [0.29, 0.717) is 19.4 Å². The maximum atomic E-state index is 12.4. The summed E-state index contributed by atoms with van der Waals surface area (Å²) >= 11 is 0. The van der Waals surface area contributed by atoms with Gasteiger partial charge in [0, 0.05) is 12.8 Å². The Morgan fingerprint density at radius 3 is 1.12 bits per heavy atom. The quantitative estimate of drug-likeness (QED) is 0.0321. The summed E-state index contributed by atoms with van der Waals surface area (Å²) < 4.78 is 5.47. The minimum absolute atomic E-state index is 0.0107. The second-order valence-electron chi connectivity index (χ2n) is 20.7. The van der Waals surface area contributed by atoms with Gasteiger partial charge in [0.05, 0.1) is 25.4 Å². The molecule has 0 aromatic rings. The third-order valence-corrected chi connectivity index (χ3v) is 13.9. The van der Waals surface area contributed by atoms with Gasteiger partial charge >= 0.3 is 5.97 Å². The molecule has 0 aromatic heterocycles. The zero-order valence-electron chi connectivity index (χ0n) is 45.6. The molecule has 2 unspecified atom stereocenters. The van der Waals surface area contributed by atoms with E-state index in [0.717, 1.165) is 44.9 Å². The van der Waals surface area contributed by atoms with E-state index in [2.05, 4.69) is 43.5 Å². The van der Waals surface area contributed by atoms with Crippen LogP contribution in [0.3, 0.4) is 0 Å². The van der Waals surface area contributed by atoms with Crippen LogP contribution < -0.4 is 5.32 Å². The molecule has 68 heavy (non-hydrogen) atoms. The number of aliphatic hydroxyl groups excluding tert-OH is 2. The zero-order chi connectivity index (χ0) is 49.3. The molecular weight excluding hydrogens is 839 g/mol. The van der Waals surface area contributed by atoms with Crippen molar-refractivity contribution in [2.24, 2.45) is 0 Å². The lowest BCUT2D eigenvalue weighted by Gasteiger charge is -2.20. The number of unbranched alkanes of at least 4 members (excludes halogenated alkanes) is 41. The monoisotopic (exact) mass is 956 g/mol. The van der Waals surface area contributed by atoms with Crippen molar-refractivity contribution < 1.29 is 24.5 Å². The SMILES string of the molecule is CCCCCCCCCCCC/C=C/C(O)C(CO)NC(=O)CCCCCCCCCCCCC/C=C\C/C=C\CCCCCCCCCCCOC(=O)CCCCCCCCCCCCCC. The van der Waals surface area contributed by atoms with Gasteiger partial charge in [0.15, 0.2) is 0 Å². The van der Waals surface area contributed by atoms with Crippen LogP contribution in [-0.4, -0.2) is 47.4 Å². The Bertz CT molecular complexity index is 1100. The Kier molecular flexibility index (Phi) is 56.0. The van der Waals surface area contributed by atoms with E-state index in [1.54, 1.807) is 6.08 Å². The fraction of sp³-hybridized carbons (Fsp3) is 0.871. The first kappa shape index (κ1) is 66.1. The van der Waals surface area contributed by atoms with Crippen molar-refractivity contribution in [2.75, 3.05) is 13.2 Å². The van der Waals surface area contributed by atoms with E-state index in [1.807, 2.05) is 6.08 Å². The fourth-order valence-electron chi connectivity index (χ4n) is 9.25. The smallest absolute Gasteiger partial charge is 0.305 e. The van der Waals surface area contributed by atoms with Crippen LogP contribution in [-0.2, 0) is 14.3 Å². The summed E-state index contributed by atoms with van der Waals surface area (Å²) in [6, 6.07) is -0.629. The molecule has 0 fully saturated rings. The molecule has 0 bridgehead atoms. The highest BCUT2D eigenvalue weighted by molar-refractivity contribution is 5.76. The number of amides is 1. The second-order valence-corrected chi connectivity index (χ2v) is 20.7. The lowest BCUT2D eigenvalue weighted by atomic mass is 10.0. The van der Waals surface area contributed by atoms with Crippen molar-refractivity contribution in [2.45, 2.75) is 334 Å². The summed E-state index contributed by atoms with van der Waals surface area (Å²) in [4.78, 5) is 24.4. The number of carbonyl (C=O) groups excluding carboxylic acids is 2. The predicted octanol–water partition coefficient (Wildman–Crippen LogP) is 18.8. The first-order chi connectivity index (χ1) is 33.5. The van der Waals surface area contributed by atoms with E-state index in [4.69, 9.17) is 4.74 Å². The summed E-state index contributed by atoms with van der Waals surface area (Å²) in [5.74, 6) is -0.0608. The van der Waals surface area contributed by atoms with E-state index in [1.165, 1.54) is 250 Å². The summed E-state index contributed by atoms with van der Waals surface area (Å²) in [6.45, 7) is 4.90. The van der Waals surface area contributed by atoms with Crippen molar-refractivity contribution in [3.8, 4) is 0 Å². The normalized spacial score (nSPS) is 12.8. The molecule has 0 saturated heterocycles. The Hall–Kier alpha value is -1.92. The van der Waals surface area contributed by atoms with Gasteiger partial charge in [-0.05, 0) is 64.2 Å². The lowest BCUT2D eigenvalue weighted by molar-refractivity contribution is -0.143. The highest BCUT2D eigenvalue weighted by Crippen LogP contribution is 2.17. The van der Waals surface area contributed by atoms with Crippen LogP contribution in [0.1, 0.15) is 322 Å². The van der Waals surface area contributed by atoms with Gasteiger partial charge in [-0.3, -0.25) is 9.59 Å². The van der Waals surface area contributed by atoms with Crippen molar-refractivity contribution in [3.05, 3.63) is 36.5 Å². The van der Waals surface area contributed by atoms with Gasteiger partial charge in [-0.25, -0.2) is 0 Å². The molecule has 0 spiro atoms. The predicted molar refractivity (Wildman–Crippen MR) is 296 cm³/mol. The molecule has 0 aliphatic carbocycles. The maximum Gasteiger partial charge on any atom is 0.305 e. The Labute approximate surface area is 424 Å². The average Bonchev–Trinajstić information content (AvgIpc) is 3.34. The van der Waals surface area contributed by atoms with Crippen LogP contribution in [0.5, 0.6) is 0 Å².